The van der Waals surface area contributed by atoms with Gasteiger partial charge in [-0.3, -0.25) is 14.2 Å². The number of hydrogen-bond donors (Lipinski definition) is 4. The highest BCUT2D eigenvalue weighted by molar-refractivity contribution is 7.92. The van der Waals surface area contributed by atoms with Crippen molar-refractivity contribution in [2.45, 2.75) is 37.5 Å². The Hall–Kier alpha value is -5.74. The van der Waals surface area contributed by atoms with E-state index in [1.165, 1.54) is 54.6 Å². The Kier molecular flexibility index (Phi) is 9.22. The van der Waals surface area contributed by atoms with Gasteiger partial charge < -0.3 is 19.7 Å². The zero-order valence-corrected chi connectivity index (χ0v) is 30.4. The topological polar surface area (TPSA) is 199 Å². The van der Waals surface area contributed by atoms with E-state index < -0.39 is 43.6 Å². The van der Waals surface area contributed by atoms with Crippen LogP contribution in [0.3, 0.4) is 0 Å². The molecule has 2 heterocycles. The second-order valence-electron chi connectivity index (χ2n) is 13.5. The summed E-state index contributed by atoms with van der Waals surface area (Å²) in [6.45, 7) is 0. The molecule has 0 bridgehead atoms. The maximum atomic E-state index is 13.2. The summed E-state index contributed by atoms with van der Waals surface area (Å²) in [5, 5.41) is 10.6. The molecule has 0 saturated heterocycles. The number of aromatic carboxylic acids is 1. The van der Waals surface area contributed by atoms with Gasteiger partial charge in [0.15, 0.2) is 0 Å². The third kappa shape index (κ3) is 7.79. The van der Waals surface area contributed by atoms with Crippen LogP contribution in [-0.2, 0) is 20.0 Å². The Morgan fingerprint density at radius 3 is 1.37 bits per heavy atom. The maximum absolute atomic E-state index is 13.2. The molecule has 2 aromatic heterocycles. The Labute approximate surface area is 308 Å². The zero-order valence-electron chi connectivity index (χ0n) is 28.8. The molecule has 2 aliphatic rings. The molecule has 0 aliphatic heterocycles. The summed E-state index contributed by atoms with van der Waals surface area (Å²) in [4.78, 5) is 24.0. The van der Waals surface area contributed by atoms with E-state index in [0.29, 0.717) is 38.9 Å². The average molecular weight is 778 g/mol. The molecule has 8 rings (SSSR count). The third-order valence-electron chi connectivity index (χ3n) is 9.02. The fraction of sp³-hybridized carbons (Fsp3) is 0.211. The number of anilines is 2. The van der Waals surface area contributed by atoms with Crippen molar-refractivity contribution in [1.82, 2.24) is 0 Å². The van der Waals surface area contributed by atoms with Crippen molar-refractivity contribution in [3.05, 3.63) is 107 Å². The summed E-state index contributed by atoms with van der Waals surface area (Å²) in [6.07, 6.45) is 5.85. The van der Waals surface area contributed by atoms with Gasteiger partial charge in [-0.05, 0) is 109 Å². The van der Waals surface area contributed by atoms with Gasteiger partial charge >= 0.3 is 5.97 Å². The van der Waals surface area contributed by atoms with Gasteiger partial charge in [0.05, 0.1) is 29.4 Å². The van der Waals surface area contributed by atoms with Gasteiger partial charge in [-0.2, -0.15) is 0 Å². The van der Waals surface area contributed by atoms with Crippen molar-refractivity contribution in [1.29, 1.82) is 0 Å². The predicted octanol–water partition coefficient (Wildman–Crippen LogP) is 7.77. The minimum absolute atomic E-state index is 0.0237. The van der Waals surface area contributed by atoms with Crippen LogP contribution in [0.5, 0.6) is 0 Å². The van der Waals surface area contributed by atoms with E-state index in [0.717, 1.165) is 49.3 Å². The Bertz CT molecular complexity index is 2510. The molecule has 54 heavy (non-hydrogen) atoms. The Morgan fingerprint density at radius 1 is 0.667 bits per heavy atom. The Morgan fingerprint density at radius 2 is 1.04 bits per heavy atom. The predicted molar refractivity (Wildman–Crippen MR) is 200 cm³/mol. The fourth-order valence-corrected chi connectivity index (χ4v) is 7.58. The van der Waals surface area contributed by atoms with Crippen molar-refractivity contribution in [2.24, 2.45) is 5.73 Å². The van der Waals surface area contributed by atoms with Crippen LogP contribution in [0.25, 0.3) is 44.6 Å². The molecule has 6 aromatic rings. The maximum Gasteiger partial charge on any atom is 0.340 e. The van der Waals surface area contributed by atoms with Crippen LogP contribution in [0, 0.1) is 11.6 Å². The quantitative estimate of drug-likeness (QED) is 0.107. The smallest absolute Gasteiger partial charge is 0.340 e. The number of nitrogens with two attached hydrogens (primary N) is 1. The molecule has 12 nitrogen and oxygen atoms in total. The number of carbonyl (C=O) groups is 2. The monoisotopic (exact) mass is 777 g/mol. The lowest BCUT2D eigenvalue weighted by molar-refractivity contribution is 0.0698. The molecule has 5 N–H and O–H groups in total. The van der Waals surface area contributed by atoms with Crippen LogP contribution in [0.4, 0.5) is 20.2 Å². The lowest BCUT2D eigenvalue weighted by Crippen LogP contribution is -2.12. The van der Waals surface area contributed by atoms with Crippen LogP contribution >= 0.6 is 0 Å². The number of carbonyl (C=O) groups excluding carboxylic acids is 1. The van der Waals surface area contributed by atoms with Crippen molar-refractivity contribution >= 4 is 65.2 Å². The number of furan rings is 2. The average Bonchev–Trinajstić information content (AvgIpc) is 4.02. The van der Waals surface area contributed by atoms with Crippen LogP contribution in [0.2, 0.25) is 0 Å². The van der Waals surface area contributed by atoms with Gasteiger partial charge in [-0.25, -0.2) is 30.4 Å². The molecule has 0 atom stereocenters. The van der Waals surface area contributed by atoms with Gasteiger partial charge in [0.25, 0.3) is 5.91 Å². The van der Waals surface area contributed by atoms with Crippen molar-refractivity contribution in [3.8, 4) is 22.6 Å². The minimum Gasteiger partial charge on any atom is -0.478 e. The lowest BCUT2D eigenvalue weighted by atomic mass is 10.0. The molecule has 2 saturated carbocycles. The first-order chi connectivity index (χ1) is 25.5. The zero-order chi connectivity index (χ0) is 38.7. The second-order valence-corrected chi connectivity index (χ2v) is 17.0. The highest BCUT2D eigenvalue weighted by atomic mass is 32.2. The number of hydrogen-bond acceptors (Lipinski definition) is 8. The van der Waals surface area contributed by atoms with Crippen LogP contribution in [-0.4, -0.2) is 46.3 Å². The number of carboxylic acids is 1. The number of fused-ring (bicyclic) bond motifs is 2. The number of benzene rings is 4. The summed E-state index contributed by atoms with van der Waals surface area (Å²) in [6, 6.07) is 17.4. The van der Waals surface area contributed by atoms with E-state index in [9.17, 15) is 40.3 Å². The molecule has 1 amide bonds. The summed E-state index contributed by atoms with van der Waals surface area (Å²) in [7, 11) is -6.98. The van der Waals surface area contributed by atoms with Crippen LogP contribution in [0.15, 0.2) is 81.6 Å². The Balaban J connectivity index is 0.000000167. The largest absolute Gasteiger partial charge is 0.478 e. The number of carboxylic acid groups (broad SMARTS) is 1. The van der Waals surface area contributed by atoms with Crippen molar-refractivity contribution in [3.63, 3.8) is 0 Å². The molecule has 16 heteroatoms. The minimum atomic E-state index is -3.50. The molecule has 4 aromatic carbocycles. The van der Waals surface area contributed by atoms with Crippen LogP contribution in [0.1, 0.15) is 69.4 Å². The molecule has 280 valence electrons. The second kappa shape index (κ2) is 13.6. The molecule has 0 spiro atoms. The number of rotatable bonds is 10. The summed E-state index contributed by atoms with van der Waals surface area (Å²) >= 11 is 0. The standard InChI is InChI=1S/C19H17FN2O4S.C19H16FNO5S/c1-27(24,25)22-15-9-16-14(8-13(15)10-2-3-10)17(19(21)23)18(26-16)11-4-6-12(20)7-5-11;1-27(24,25)21-15-9-16-14(8-13(15)10-2-3-10)17(19(22)23)18(26-16)11-4-6-12(20)7-5-11/h4-10,22H,2-3H2,1H3,(H2,21,23);4-10,21H,2-3H2,1H3,(H,22,23). The van der Waals surface area contributed by atoms with E-state index in [1.807, 2.05) is 0 Å². The highest BCUT2D eigenvalue weighted by Crippen LogP contribution is 2.48. The number of primary amides is 1. The molecular formula is C38H33F2N3O9S2. The number of halogens is 2. The van der Waals surface area contributed by atoms with Gasteiger partial charge in [-0.15, -0.1) is 0 Å². The van der Waals surface area contributed by atoms with Gasteiger partial charge in [0.1, 0.15) is 39.9 Å². The van der Waals surface area contributed by atoms with E-state index in [1.54, 1.807) is 18.2 Å². The van der Waals surface area contributed by atoms with Gasteiger partial charge in [0.2, 0.25) is 20.0 Å². The molecular weight excluding hydrogens is 745 g/mol. The first-order valence-electron chi connectivity index (χ1n) is 16.7. The van der Waals surface area contributed by atoms with E-state index in [4.69, 9.17) is 14.6 Å². The molecule has 0 radical (unpaired) electrons. The summed E-state index contributed by atoms with van der Waals surface area (Å²) < 4.78 is 89.9. The summed E-state index contributed by atoms with van der Waals surface area (Å²) in [5.74, 6) is -1.94. The van der Waals surface area contributed by atoms with E-state index in [-0.39, 0.29) is 40.1 Å². The lowest BCUT2D eigenvalue weighted by Gasteiger charge is -2.10. The van der Waals surface area contributed by atoms with E-state index in [2.05, 4.69) is 9.44 Å². The summed E-state index contributed by atoms with van der Waals surface area (Å²) in [5.41, 5.74) is 9.67. The molecule has 2 fully saturated rings. The normalized spacial score (nSPS) is 14.4. The van der Waals surface area contributed by atoms with Crippen molar-refractivity contribution < 1.29 is 49.1 Å². The van der Waals surface area contributed by atoms with Crippen molar-refractivity contribution in [2.75, 3.05) is 22.0 Å². The van der Waals surface area contributed by atoms with Gasteiger partial charge in [-0.1, -0.05) is 0 Å². The van der Waals surface area contributed by atoms with Gasteiger partial charge in [0, 0.05) is 34.0 Å². The number of sulfonamides is 2. The fourth-order valence-electron chi connectivity index (χ4n) is 6.43. The van der Waals surface area contributed by atoms with Crippen LogP contribution < -0.4 is 15.2 Å². The van der Waals surface area contributed by atoms with E-state index >= 15 is 0 Å². The third-order valence-corrected chi connectivity index (χ3v) is 10.2. The molecule has 0 unspecified atom stereocenters. The number of nitrogens with one attached hydrogen (secondary N) is 2. The first kappa shape index (κ1) is 36.6. The number of amides is 1. The highest BCUT2D eigenvalue weighted by Gasteiger charge is 2.32. The first-order valence-corrected chi connectivity index (χ1v) is 20.5. The SMILES string of the molecule is CS(=O)(=O)Nc1cc2oc(-c3ccc(F)cc3)c(C(=O)O)c2cc1C1CC1.CS(=O)(=O)Nc1cc2oc(-c3ccc(F)cc3)c(C(N)=O)c2cc1C1CC1. The molecule has 2 aliphatic carbocycles.